The summed E-state index contributed by atoms with van der Waals surface area (Å²) in [6.45, 7) is 4.67. The van der Waals surface area contributed by atoms with Gasteiger partial charge in [0.25, 0.3) is 0 Å². The number of thioether (sulfide) groups is 1. The smallest absolute Gasteiger partial charge is 0.243 e. The van der Waals surface area contributed by atoms with Crippen molar-refractivity contribution in [3.8, 4) is 5.75 Å². The van der Waals surface area contributed by atoms with Gasteiger partial charge in [-0.15, -0.1) is 11.8 Å². The van der Waals surface area contributed by atoms with Crippen LogP contribution in [0.3, 0.4) is 0 Å². The zero-order chi connectivity index (χ0) is 23.8. The molecule has 0 spiro atoms. The van der Waals surface area contributed by atoms with Crippen LogP contribution in [0.1, 0.15) is 33.1 Å². The fourth-order valence-electron chi connectivity index (χ4n) is 3.48. The monoisotopic (exact) mass is 491 g/mol. The van der Waals surface area contributed by atoms with Gasteiger partial charge in [0.2, 0.25) is 21.8 Å². The average molecular weight is 492 g/mol. The molecule has 0 atom stereocenters. The molecule has 1 heterocycles. The fourth-order valence-corrected chi connectivity index (χ4v) is 5.72. The molecular weight excluding hydrogens is 462 g/mol. The number of piperidine rings is 1. The molecule has 0 saturated carbocycles. The average Bonchev–Trinajstić information content (AvgIpc) is 2.80. The third kappa shape index (κ3) is 6.96. The summed E-state index contributed by atoms with van der Waals surface area (Å²) in [5.41, 5.74) is 1.02. The summed E-state index contributed by atoms with van der Waals surface area (Å²) >= 11 is 1.33. The molecule has 0 aliphatic carbocycles. The number of ether oxygens (including phenoxy) is 1. The van der Waals surface area contributed by atoms with Gasteiger partial charge in [-0.05, 0) is 62.2 Å². The summed E-state index contributed by atoms with van der Waals surface area (Å²) in [5.74, 6) is 0.130. The van der Waals surface area contributed by atoms with E-state index in [2.05, 4.69) is 10.6 Å². The number of benzene rings is 2. The quantitative estimate of drug-likeness (QED) is 0.515. The number of nitrogens with one attached hydrogen (secondary N) is 2. The number of carbonyl (C=O) groups excluding carboxylic acids is 2. The van der Waals surface area contributed by atoms with Crippen molar-refractivity contribution < 1.29 is 22.7 Å². The van der Waals surface area contributed by atoms with Gasteiger partial charge in [-0.25, -0.2) is 8.42 Å². The molecule has 1 saturated heterocycles. The molecule has 2 aromatic rings. The Kier molecular flexibility index (Phi) is 8.76. The van der Waals surface area contributed by atoms with Gasteiger partial charge in [0.15, 0.2) is 0 Å². The summed E-state index contributed by atoms with van der Waals surface area (Å²) in [5, 5.41) is 5.49. The van der Waals surface area contributed by atoms with E-state index in [1.165, 1.54) is 35.1 Å². The molecule has 33 heavy (non-hydrogen) atoms. The Morgan fingerprint density at radius 3 is 2.36 bits per heavy atom. The second-order valence-electron chi connectivity index (χ2n) is 7.60. The summed E-state index contributed by atoms with van der Waals surface area (Å²) in [6, 6.07) is 11.8. The summed E-state index contributed by atoms with van der Waals surface area (Å²) in [4.78, 5) is 24.7. The number of anilines is 2. The van der Waals surface area contributed by atoms with Gasteiger partial charge in [-0.3, -0.25) is 9.59 Å². The molecule has 0 aromatic heterocycles. The van der Waals surface area contributed by atoms with E-state index in [0.717, 1.165) is 24.2 Å². The lowest BCUT2D eigenvalue weighted by molar-refractivity contribution is -0.114. The van der Waals surface area contributed by atoms with Crippen LogP contribution in [-0.4, -0.2) is 50.0 Å². The first-order chi connectivity index (χ1) is 15.8. The van der Waals surface area contributed by atoms with Gasteiger partial charge >= 0.3 is 0 Å². The number of nitrogens with zero attached hydrogens (tertiary/aromatic N) is 1. The van der Waals surface area contributed by atoms with E-state index in [-0.39, 0.29) is 22.5 Å². The number of carbonyl (C=O) groups is 2. The van der Waals surface area contributed by atoms with Gasteiger partial charge in [0.1, 0.15) is 5.75 Å². The highest BCUT2D eigenvalue weighted by Gasteiger charge is 2.27. The van der Waals surface area contributed by atoms with Gasteiger partial charge < -0.3 is 15.4 Å². The standard InChI is InChI=1S/C23H29N3O5S2/c1-3-31-22-12-11-20(33(29,30)26-13-5-4-6-14-26)15-21(22)25-23(28)16-32-19-9-7-18(8-10-19)24-17(2)27/h7-12,15H,3-6,13-14,16H2,1-2H3,(H,24,27)(H,25,28). The maximum Gasteiger partial charge on any atom is 0.243 e. The van der Waals surface area contributed by atoms with Crippen molar-refractivity contribution in [3.63, 3.8) is 0 Å². The summed E-state index contributed by atoms with van der Waals surface area (Å²) in [6.07, 6.45) is 2.73. The molecule has 2 N–H and O–H groups in total. The third-order valence-electron chi connectivity index (χ3n) is 5.02. The van der Waals surface area contributed by atoms with Crippen LogP contribution in [0.5, 0.6) is 5.75 Å². The number of sulfonamides is 1. The summed E-state index contributed by atoms with van der Waals surface area (Å²) in [7, 11) is -3.63. The lowest BCUT2D eigenvalue weighted by atomic mass is 10.2. The first kappa shape index (κ1) is 25.1. The summed E-state index contributed by atoms with van der Waals surface area (Å²) < 4.78 is 33.2. The predicted molar refractivity (Wildman–Crippen MR) is 130 cm³/mol. The maximum atomic E-state index is 13.0. The minimum Gasteiger partial charge on any atom is -0.492 e. The SMILES string of the molecule is CCOc1ccc(S(=O)(=O)N2CCCCC2)cc1NC(=O)CSc1ccc(NC(C)=O)cc1. The van der Waals surface area contributed by atoms with E-state index >= 15 is 0 Å². The molecule has 1 aliphatic rings. The first-order valence-electron chi connectivity index (χ1n) is 10.9. The number of rotatable bonds is 9. The minimum absolute atomic E-state index is 0.133. The molecule has 178 valence electrons. The van der Waals surface area contributed by atoms with Crippen molar-refractivity contribution >= 4 is 45.0 Å². The number of amides is 2. The molecule has 2 amide bonds. The van der Waals surface area contributed by atoms with E-state index in [9.17, 15) is 18.0 Å². The largest absolute Gasteiger partial charge is 0.492 e. The van der Waals surface area contributed by atoms with Crippen LogP contribution in [0.4, 0.5) is 11.4 Å². The highest BCUT2D eigenvalue weighted by atomic mass is 32.2. The zero-order valence-electron chi connectivity index (χ0n) is 18.8. The van der Waals surface area contributed by atoms with Crippen molar-refractivity contribution in [3.05, 3.63) is 42.5 Å². The molecular formula is C23H29N3O5S2. The van der Waals surface area contributed by atoms with E-state index in [4.69, 9.17) is 4.74 Å². The van der Waals surface area contributed by atoms with Gasteiger partial charge in [0.05, 0.1) is 22.9 Å². The Balaban J connectivity index is 1.69. The van der Waals surface area contributed by atoms with Crippen LogP contribution < -0.4 is 15.4 Å². The van der Waals surface area contributed by atoms with Gasteiger partial charge in [-0.2, -0.15) is 4.31 Å². The molecule has 0 radical (unpaired) electrons. The number of hydrogen-bond donors (Lipinski definition) is 2. The van der Waals surface area contributed by atoms with Crippen LogP contribution in [-0.2, 0) is 19.6 Å². The Morgan fingerprint density at radius 2 is 1.73 bits per heavy atom. The van der Waals surface area contributed by atoms with E-state index in [1.54, 1.807) is 18.2 Å². The van der Waals surface area contributed by atoms with Crippen LogP contribution in [0.25, 0.3) is 0 Å². The van der Waals surface area contributed by atoms with Crippen molar-refractivity contribution in [1.82, 2.24) is 4.31 Å². The van der Waals surface area contributed by atoms with Crippen LogP contribution in [0, 0.1) is 0 Å². The molecule has 2 aromatic carbocycles. The van der Waals surface area contributed by atoms with Crippen molar-refractivity contribution in [2.75, 3.05) is 36.1 Å². The molecule has 0 unspecified atom stereocenters. The normalized spacial score (nSPS) is 14.5. The zero-order valence-corrected chi connectivity index (χ0v) is 20.4. The van der Waals surface area contributed by atoms with Crippen molar-refractivity contribution in [2.24, 2.45) is 0 Å². The Bertz CT molecular complexity index is 1080. The molecule has 1 aliphatic heterocycles. The first-order valence-corrected chi connectivity index (χ1v) is 13.3. The fraction of sp³-hybridized carbons (Fsp3) is 0.391. The second kappa shape index (κ2) is 11.5. The Hall–Kier alpha value is -2.56. The Labute approximate surface area is 199 Å². The van der Waals surface area contributed by atoms with Crippen LogP contribution in [0.15, 0.2) is 52.3 Å². The second-order valence-corrected chi connectivity index (χ2v) is 10.6. The van der Waals surface area contributed by atoms with E-state index < -0.39 is 10.0 Å². The lowest BCUT2D eigenvalue weighted by Crippen LogP contribution is -2.35. The lowest BCUT2D eigenvalue weighted by Gasteiger charge is -2.26. The molecule has 10 heteroatoms. The predicted octanol–water partition coefficient (Wildman–Crippen LogP) is 3.95. The van der Waals surface area contributed by atoms with E-state index in [0.29, 0.717) is 36.8 Å². The highest BCUT2D eigenvalue weighted by Crippen LogP contribution is 2.31. The van der Waals surface area contributed by atoms with Crippen molar-refractivity contribution in [1.29, 1.82) is 0 Å². The third-order valence-corrected chi connectivity index (χ3v) is 7.93. The molecule has 0 bridgehead atoms. The van der Waals surface area contributed by atoms with Crippen molar-refractivity contribution in [2.45, 2.75) is 42.9 Å². The molecule has 3 rings (SSSR count). The molecule has 1 fully saturated rings. The Morgan fingerprint density at radius 1 is 1.03 bits per heavy atom. The van der Waals surface area contributed by atoms with E-state index in [1.807, 2.05) is 19.1 Å². The topological polar surface area (TPSA) is 105 Å². The van der Waals surface area contributed by atoms with Gasteiger partial charge in [0, 0.05) is 30.6 Å². The van der Waals surface area contributed by atoms with Crippen LogP contribution in [0.2, 0.25) is 0 Å². The van der Waals surface area contributed by atoms with Crippen LogP contribution >= 0.6 is 11.8 Å². The minimum atomic E-state index is -3.63. The highest BCUT2D eigenvalue weighted by molar-refractivity contribution is 8.00. The molecule has 8 nitrogen and oxygen atoms in total. The number of hydrogen-bond acceptors (Lipinski definition) is 6. The van der Waals surface area contributed by atoms with Gasteiger partial charge in [-0.1, -0.05) is 6.42 Å². The maximum absolute atomic E-state index is 13.0.